The van der Waals surface area contributed by atoms with E-state index in [0.29, 0.717) is 17.9 Å². The zero-order chi connectivity index (χ0) is 16.4. The highest BCUT2D eigenvalue weighted by Crippen LogP contribution is 2.46. The van der Waals surface area contributed by atoms with Crippen molar-refractivity contribution in [2.24, 2.45) is 0 Å². The van der Waals surface area contributed by atoms with Gasteiger partial charge in [-0.1, -0.05) is 12.1 Å². The van der Waals surface area contributed by atoms with Gasteiger partial charge in [-0.05, 0) is 55.9 Å². The standard InChI is InChI=1S/C17H21N5O2/c23-16(13-4-1-3-12(11-13)15-19-21-22-20-15)18-10-6-14-5-9-17(24-14)7-2-8-17/h1,3-4,11,14H,2,5-10H2,(H,18,23)(H,19,20,21,22). The quantitative estimate of drug-likeness (QED) is 0.877. The first-order valence-electron chi connectivity index (χ1n) is 8.54. The highest BCUT2D eigenvalue weighted by atomic mass is 16.5. The second-order valence-electron chi connectivity index (χ2n) is 6.68. The lowest BCUT2D eigenvalue weighted by molar-refractivity contribution is -0.0920. The van der Waals surface area contributed by atoms with Crippen molar-refractivity contribution < 1.29 is 9.53 Å². The topological polar surface area (TPSA) is 92.8 Å². The van der Waals surface area contributed by atoms with Gasteiger partial charge in [0.25, 0.3) is 5.91 Å². The van der Waals surface area contributed by atoms with Gasteiger partial charge in [-0.25, -0.2) is 0 Å². The molecule has 1 aromatic heterocycles. The fraction of sp³-hybridized carbons (Fsp3) is 0.529. The molecule has 4 rings (SSSR count). The number of carbonyl (C=O) groups excluding carboxylic acids is 1. The number of amides is 1. The Morgan fingerprint density at radius 1 is 1.38 bits per heavy atom. The van der Waals surface area contributed by atoms with Crippen LogP contribution in [0.15, 0.2) is 24.3 Å². The molecule has 1 saturated heterocycles. The van der Waals surface area contributed by atoms with E-state index in [4.69, 9.17) is 4.74 Å². The molecule has 1 aliphatic heterocycles. The number of nitrogens with zero attached hydrogens (tertiary/aromatic N) is 3. The van der Waals surface area contributed by atoms with Crippen molar-refractivity contribution in [2.45, 2.75) is 50.2 Å². The molecule has 1 saturated carbocycles. The molecule has 1 aromatic carbocycles. The minimum absolute atomic E-state index is 0.0864. The summed E-state index contributed by atoms with van der Waals surface area (Å²) in [4.78, 5) is 12.3. The second kappa shape index (κ2) is 6.32. The van der Waals surface area contributed by atoms with Gasteiger partial charge in [-0.2, -0.15) is 5.21 Å². The third-order valence-electron chi connectivity index (χ3n) is 5.08. The zero-order valence-corrected chi connectivity index (χ0v) is 13.5. The summed E-state index contributed by atoms with van der Waals surface area (Å²) in [6.45, 7) is 0.631. The van der Waals surface area contributed by atoms with Crippen LogP contribution in [0.4, 0.5) is 0 Å². The minimum Gasteiger partial charge on any atom is -0.372 e. The highest BCUT2D eigenvalue weighted by molar-refractivity contribution is 5.95. The van der Waals surface area contributed by atoms with E-state index in [2.05, 4.69) is 25.9 Å². The van der Waals surface area contributed by atoms with Crippen LogP contribution in [0.25, 0.3) is 11.4 Å². The Kier molecular flexibility index (Phi) is 4.02. The minimum atomic E-state index is -0.0864. The smallest absolute Gasteiger partial charge is 0.251 e. The van der Waals surface area contributed by atoms with Crippen molar-refractivity contribution in [2.75, 3.05) is 6.54 Å². The van der Waals surface area contributed by atoms with Gasteiger partial charge in [-0.15, -0.1) is 10.2 Å². The molecule has 2 fully saturated rings. The number of nitrogens with one attached hydrogen (secondary N) is 2. The maximum atomic E-state index is 12.3. The van der Waals surface area contributed by atoms with Crippen molar-refractivity contribution in [1.29, 1.82) is 0 Å². The molecule has 0 radical (unpaired) electrons. The molecule has 2 aromatic rings. The van der Waals surface area contributed by atoms with E-state index in [-0.39, 0.29) is 17.6 Å². The molecule has 1 amide bonds. The molecule has 2 N–H and O–H groups in total. The first kappa shape index (κ1) is 15.3. The number of rotatable bonds is 5. The van der Waals surface area contributed by atoms with E-state index < -0.39 is 0 Å². The summed E-state index contributed by atoms with van der Waals surface area (Å²) in [6, 6.07) is 7.23. The number of benzene rings is 1. The van der Waals surface area contributed by atoms with Crippen LogP contribution in [-0.4, -0.2) is 44.8 Å². The molecule has 1 atom stereocenters. The molecular formula is C17H21N5O2. The average Bonchev–Trinajstić information content (AvgIpc) is 3.24. The SMILES string of the molecule is O=C(NCCC1CCC2(CCC2)O1)c1cccc(-c2nn[nH]n2)c1. The van der Waals surface area contributed by atoms with Crippen molar-refractivity contribution in [3.63, 3.8) is 0 Å². The Morgan fingerprint density at radius 2 is 2.29 bits per heavy atom. The molecule has 1 aliphatic carbocycles. The number of carbonyl (C=O) groups is 1. The summed E-state index contributed by atoms with van der Waals surface area (Å²) in [5.74, 6) is 0.395. The lowest BCUT2D eigenvalue weighted by Crippen LogP contribution is -2.37. The largest absolute Gasteiger partial charge is 0.372 e. The number of aromatic amines is 1. The van der Waals surface area contributed by atoms with Crippen molar-refractivity contribution in [3.05, 3.63) is 29.8 Å². The Balaban J connectivity index is 1.29. The lowest BCUT2D eigenvalue weighted by Gasteiger charge is -2.38. The molecule has 7 nitrogen and oxygen atoms in total. The van der Waals surface area contributed by atoms with Crippen molar-refractivity contribution >= 4 is 5.91 Å². The van der Waals surface area contributed by atoms with Crippen LogP contribution >= 0.6 is 0 Å². The normalized spacial score (nSPS) is 21.6. The zero-order valence-electron chi connectivity index (χ0n) is 13.5. The maximum absolute atomic E-state index is 12.3. The van der Waals surface area contributed by atoms with Crippen LogP contribution in [0.2, 0.25) is 0 Å². The first-order chi connectivity index (χ1) is 11.7. The van der Waals surface area contributed by atoms with Crippen LogP contribution in [0.1, 0.15) is 48.9 Å². The summed E-state index contributed by atoms with van der Waals surface area (Å²) >= 11 is 0. The molecule has 1 unspecified atom stereocenters. The van der Waals surface area contributed by atoms with E-state index in [1.54, 1.807) is 12.1 Å². The summed E-state index contributed by atoms with van der Waals surface area (Å²) in [5.41, 5.74) is 1.55. The fourth-order valence-corrected chi connectivity index (χ4v) is 3.57. The Labute approximate surface area is 140 Å². The Morgan fingerprint density at radius 3 is 3.00 bits per heavy atom. The Hall–Kier alpha value is -2.28. The molecule has 2 heterocycles. The molecule has 24 heavy (non-hydrogen) atoms. The summed E-state index contributed by atoms with van der Waals surface area (Å²) in [7, 11) is 0. The van der Waals surface area contributed by atoms with Crippen LogP contribution in [0.5, 0.6) is 0 Å². The van der Waals surface area contributed by atoms with Gasteiger partial charge in [-0.3, -0.25) is 4.79 Å². The summed E-state index contributed by atoms with van der Waals surface area (Å²) in [6.07, 6.45) is 7.16. The van der Waals surface area contributed by atoms with Crippen molar-refractivity contribution in [3.8, 4) is 11.4 Å². The van der Waals surface area contributed by atoms with E-state index in [0.717, 1.165) is 18.4 Å². The van der Waals surface area contributed by atoms with E-state index >= 15 is 0 Å². The Bertz CT molecular complexity index is 712. The van der Waals surface area contributed by atoms with E-state index in [1.807, 2.05) is 12.1 Å². The van der Waals surface area contributed by atoms with Crippen LogP contribution in [-0.2, 0) is 4.74 Å². The summed E-state index contributed by atoms with van der Waals surface area (Å²) in [5, 5.41) is 16.8. The van der Waals surface area contributed by atoms with Gasteiger partial charge >= 0.3 is 0 Å². The first-order valence-corrected chi connectivity index (χ1v) is 8.54. The third kappa shape index (κ3) is 3.03. The molecule has 0 bridgehead atoms. The number of tetrazole rings is 1. The molecular weight excluding hydrogens is 306 g/mol. The fourth-order valence-electron chi connectivity index (χ4n) is 3.57. The van der Waals surface area contributed by atoms with Crippen LogP contribution in [0, 0.1) is 0 Å². The third-order valence-corrected chi connectivity index (χ3v) is 5.08. The average molecular weight is 327 g/mol. The van der Waals surface area contributed by atoms with Crippen LogP contribution < -0.4 is 5.32 Å². The summed E-state index contributed by atoms with van der Waals surface area (Å²) < 4.78 is 6.16. The lowest BCUT2D eigenvalue weighted by atomic mass is 9.78. The van der Waals surface area contributed by atoms with Gasteiger partial charge in [0, 0.05) is 17.7 Å². The van der Waals surface area contributed by atoms with Crippen LogP contribution in [0.3, 0.4) is 0 Å². The monoisotopic (exact) mass is 327 g/mol. The molecule has 7 heteroatoms. The number of ether oxygens (including phenoxy) is 1. The molecule has 126 valence electrons. The predicted octanol–water partition coefficient (Wildman–Crippen LogP) is 2.09. The maximum Gasteiger partial charge on any atom is 0.251 e. The van der Waals surface area contributed by atoms with E-state index in [1.165, 1.54) is 25.7 Å². The number of aromatic nitrogens is 4. The number of H-pyrrole nitrogens is 1. The van der Waals surface area contributed by atoms with Gasteiger partial charge in [0.15, 0.2) is 0 Å². The van der Waals surface area contributed by atoms with Gasteiger partial charge in [0.2, 0.25) is 5.82 Å². The van der Waals surface area contributed by atoms with E-state index in [9.17, 15) is 4.79 Å². The van der Waals surface area contributed by atoms with Crippen molar-refractivity contribution in [1.82, 2.24) is 25.9 Å². The second-order valence-corrected chi connectivity index (χ2v) is 6.68. The number of hydrogen-bond donors (Lipinski definition) is 2. The van der Waals surface area contributed by atoms with Gasteiger partial charge < -0.3 is 10.1 Å². The predicted molar refractivity (Wildman–Crippen MR) is 87.3 cm³/mol. The molecule has 2 aliphatic rings. The van der Waals surface area contributed by atoms with Gasteiger partial charge in [0.05, 0.1) is 11.7 Å². The number of hydrogen-bond acceptors (Lipinski definition) is 5. The highest BCUT2D eigenvalue weighted by Gasteiger charge is 2.44. The molecule has 1 spiro atoms. The van der Waals surface area contributed by atoms with Gasteiger partial charge in [0.1, 0.15) is 0 Å².